The third-order valence-electron chi connectivity index (χ3n) is 3.17. The number of benzene rings is 1. The fourth-order valence-corrected chi connectivity index (χ4v) is 2.16. The average Bonchev–Trinajstić information content (AvgIpc) is 2.45. The summed E-state index contributed by atoms with van der Waals surface area (Å²) in [5, 5.41) is 0.331. The number of hydrogen-bond acceptors (Lipinski definition) is 3. The van der Waals surface area contributed by atoms with Gasteiger partial charge >= 0.3 is 12.1 Å². The van der Waals surface area contributed by atoms with Crippen LogP contribution in [0.15, 0.2) is 24.8 Å². The highest BCUT2D eigenvalue weighted by Crippen LogP contribution is 2.36. The lowest BCUT2D eigenvalue weighted by atomic mass is 10.0. The Kier molecular flexibility index (Phi) is 4.21. The molecule has 0 aliphatic carbocycles. The van der Waals surface area contributed by atoms with Gasteiger partial charge in [0, 0.05) is 5.39 Å². The van der Waals surface area contributed by atoms with E-state index < -0.39 is 17.7 Å². The van der Waals surface area contributed by atoms with E-state index in [0.717, 1.165) is 6.07 Å². The van der Waals surface area contributed by atoms with Crippen molar-refractivity contribution in [2.24, 2.45) is 0 Å². The quantitative estimate of drug-likeness (QED) is 0.790. The summed E-state index contributed by atoms with van der Waals surface area (Å²) in [6.07, 6.45) is -3.24. The van der Waals surface area contributed by atoms with E-state index in [-0.39, 0.29) is 17.8 Å². The van der Waals surface area contributed by atoms with E-state index >= 15 is 0 Å². The minimum atomic E-state index is -4.58. The van der Waals surface area contributed by atoms with Crippen LogP contribution in [0.3, 0.4) is 0 Å². The zero-order valence-corrected chi connectivity index (χ0v) is 12.1. The summed E-state index contributed by atoms with van der Waals surface area (Å²) in [4.78, 5) is 15.6. The van der Waals surface area contributed by atoms with Gasteiger partial charge in [-0.15, -0.1) is 0 Å². The first kappa shape index (κ1) is 16.0. The first-order valence-electron chi connectivity index (χ1n) is 6.60. The number of pyridine rings is 1. The van der Waals surface area contributed by atoms with Gasteiger partial charge in [-0.3, -0.25) is 0 Å². The van der Waals surface area contributed by atoms with Gasteiger partial charge in [-0.1, -0.05) is 12.7 Å². The molecular formula is C16H14F3NO2. The number of nitrogens with zero attached hydrogens (tertiary/aromatic N) is 1. The third kappa shape index (κ3) is 2.95. The number of carbonyl (C=O) groups excluding carboxylic acids is 1. The number of hydrogen-bond donors (Lipinski definition) is 0. The van der Waals surface area contributed by atoms with E-state index in [2.05, 4.69) is 11.6 Å². The second-order valence-corrected chi connectivity index (χ2v) is 4.71. The van der Waals surface area contributed by atoms with E-state index in [1.54, 1.807) is 19.9 Å². The standard InChI is InChI=1S/C16H14F3NO2/c1-4-10-7-11-9(3)6-13(15(21)22-5-2)20-14(11)12(8-10)16(17,18)19/h4,6-8H,1,5H2,2-3H3. The van der Waals surface area contributed by atoms with Gasteiger partial charge in [0.15, 0.2) is 0 Å². The van der Waals surface area contributed by atoms with E-state index in [1.165, 1.54) is 12.1 Å². The Hall–Kier alpha value is -2.37. The predicted octanol–water partition coefficient (Wildman–Crippen LogP) is 4.38. The van der Waals surface area contributed by atoms with Gasteiger partial charge in [-0.2, -0.15) is 13.2 Å². The molecule has 116 valence electrons. The number of fused-ring (bicyclic) bond motifs is 1. The first-order chi connectivity index (χ1) is 10.3. The first-order valence-corrected chi connectivity index (χ1v) is 6.60. The van der Waals surface area contributed by atoms with Crippen LogP contribution in [-0.2, 0) is 10.9 Å². The molecule has 2 aromatic rings. The van der Waals surface area contributed by atoms with Gasteiger partial charge < -0.3 is 4.74 Å². The number of alkyl halides is 3. The van der Waals surface area contributed by atoms with Crippen molar-refractivity contribution in [1.29, 1.82) is 0 Å². The summed E-state index contributed by atoms with van der Waals surface area (Å²) in [5.74, 6) is -0.742. The van der Waals surface area contributed by atoms with E-state index in [9.17, 15) is 18.0 Å². The molecule has 6 heteroatoms. The van der Waals surface area contributed by atoms with Gasteiger partial charge in [0.25, 0.3) is 0 Å². The molecule has 0 atom stereocenters. The van der Waals surface area contributed by atoms with Crippen LogP contribution in [0.5, 0.6) is 0 Å². The van der Waals surface area contributed by atoms with Gasteiger partial charge in [-0.25, -0.2) is 9.78 Å². The fraction of sp³-hybridized carbons (Fsp3) is 0.250. The summed E-state index contributed by atoms with van der Waals surface area (Å²) < 4.78 is 44.6. The maximum Gasteiger partial charge on any atom is 0.418 e. The molecule has 0 spiro atoms. The molecule has 0 fully saturated rings. The van der Waals surface area contributed by atoms with Crippen molar-refractivity contribution in [2.45, 2.75) is 20.0 Å². The zero-order valence-electron chi connectivity index (χ0n) is 12.1. The van der Waals surface area contributed by atoms with Crippen LogP contribution >= 0.6 is 0 Å². The Morgan fingerprint density at radius 2 is 2.05 bits per heavy atom. The fourth-order valence-electron chi connectivity index (χ4n) is 2.16. The Morgan fingerprint density at radius 1 is 1.36 bits per heavy atom. The maximum atomic E-state index is 13.3. The van der Waals surface area contributed by atoms with Crippen LogP contribution in [0.1, 0.15) is 34.1 Å². The zero-order chi connectivity index (χ0) is 16.5. The predicted molar refractivity (Wildman–Crippen MR) is 77.5 cm³/mol. The van der Waals surface area contributed by atoms with Crippen LogP contribution < -0.4 is 0 Å². The van der Waals surface area contributed by atoms with Crippen LogP contribution in [0.4, 0.5) is 13.2 Å². The maximum absolute atomic E-state index is 13.3. The Morgan fingerprint density at radius 3 is 2.59 bits per heavy atom. The van der Waals surface area contributed by atoms with Crippen molar-refractivity contribution in [3.63, 3.8) is 0 Å². The SMILES string of the molecule is C=Cc1cc(C(F)(F)F)c2nc(C(=O)OCC)cc(C)c2c1. The normalized spacial score (nSPS) is 11.5. The summed E-state index contributed by atoms with van der Waals surface area (Å²) in [6.45, 7) is 6.86. The van der Waals surface area contributed by atoms with Crippen LogP contribution in [-0.4, -0.2) is 17.6 Å². The summed E-state index contributed by atoms with van der Waals surface area (Å²) in [5.41, 5.74) is -0.435. The van der Waals surface area contributed by atoms with E-state index in [4.69, 9.17) is 4.74 Å². The summed E-state index contributed by atoms with van der Waals surface area (Å²) in [6, 6.07) is 3.96. The molecule has 0 amide bonds. The number of carbonyl (C=O) groups is 1. The van der Waals surface area contributed by atoms with Crippen molar-refractivity contribution in [1.82, 2.24) is 4.98 Å². The van der Waals surface area contributed by atoms with Gasteiger partial charge in [0.2, 0.25) is 0 Å². The highest BCUT2D eigenvalue weighted by atomic mass is 19.4. The lowest BCUT2D eigenvalue weighted by molar-refractivity contribution is -0.136. The van der Waals surface area contributed by atoms with Gasteiger partial charge in [0.05, 0.1) is 17.7 Å². The van der Waals surface area contributed by atoms with E-state index in [0.29, 0.717) is 16.5 Å². The van der Waals surface area contributed by atoms with Crippen LogP contribution in [0, 0.1) is 6.92 Å². The molecule has 2 rings (SSSR count). The minimum Gasteiger partial charge on any atom is -0.461 e. The monoisotopic (exact) mass is 309 g/mol. The highest BCUT2D eigenvalue weighted by molar-refractivity contribution is 5.94. The molecule has 0 saturated heterocycles. The molecule has 0 aliphatic heterocycles. The van der Waals surface area contributed by atoms with Crippen molar-refractivity contribution in [2.75, 3.05) is 6.61 Å². The molecule has 0 saturated carbocycles. The van der Waals surface area contributed by atoms with Crippen molar-refractivity contribution < 1.29 is 22.7 Å². The summed E-state index contributed by atoms with van der Waals surface area (Å²) in [7, 11) is 0. The van der Waals surface area contributed by atoms with Gasteiger partial charge in [-0.05, 0) is 43.2 Å². The molecule has 3 nitrogen and oxygen atoms in total. The molecule has 22 heavy (non-hydrogen) atoms. The topological polar surface area (TPSA) is 39.2 Å². The number of halogens is 3. The molecule has 0 N–H and O–H groups in total. The molecule has 0 unspecified atom stereocenters. The van der Waals surface area contributed by atoms with Crippen LogP contribution in [0.25, 0.3) is 17.0 Å². The second kappa shape index (κ2) is 5.79. The van der Waals surface area contributed by atoms with Crippen molar-refractivity contribution in [3.05, 3.63) is 47.2 Å². The largest absolute Gasteiger partial charge is 0.461 e. The van der Waals surface area contributed by atoms with E-state index in [1.807, 2.05) is 0 Å². The molecule has 1 aromatic carbocycles. The molecule has 1 aromatic heterocycles. The lowest BCUT2D eigenvalue weighted by Crippen LogP contribution is -2.11. The second-order valence-electron chi connectivity index (χ2n) is 4.71. The third-order valence-corrected chi connectivity index (χ3v) is 3.17. The van der Waals surface area contributed by atoms with Crippen molar-refractivity contribution in [3.8, 4) is 0 Å². The number of rotatable bonds is 3. The Balaban J connectivity index is 2.80. The molecular weight excluding hydrogens is 295 g/mol. The molecule has 0 radical (unpaired) electrons. The smallest absolute Gasteiger partial charge is 0.418 e. The molecule has 0 aliphatic rings. The number of esters is 1. The lowest BCUT2D eigenvalue weighted by Gasteiger charge is -2.14. The Bertz CT molecular complexity index is 751. The Labute approximate surface area is 125 Å². The summed E-state index contributed by atoms with van der Waals surface area (Å²) >= 11 is 0. The number of ether oxygens (including phenoxy) is 1. The molecule has 1 heterocycles. The number of aryl methyl sites for hydroxylation is 1. The van der Waals surface area contributed by atoms with Crippen molar-refractivity contribution >= 4 is 22.9 Å². The highest BCUT2D eigenvalue weighted by Gasteiger charge is 2.34. The average molecular weight is 309 g/mol. The number of aromatic nitrogens is 1. The molecule has 0 bridgehead atoms. The van der Waals surface area contributed by atoms with Crippen LogP contribution in [0.2, 0.25) is 0 Å². The minimum absolute atomic E-state index is 0.124. The van der Waals surface area contributed by atoms with Gasteiger partial charge in [0.1, 0.15) is 5.69 Å².